The SMILES string of the molecule is O=C(Nc1ccccc1[N+](=O)[O-])c1ccc(CN(CCO)Cc2ccccc2)cc1. The molecule has 0 saturated heterocycles. The Morgan fingerprint density at radius 2 is 1.50 bits per heavy atom. The van der Waals surface area contributed by atoms with Crippen LogP contribution in [-0.4, -0.2) is 34.0 Å². The summed E-state index contributed by atoms with van der Waals surface area (Å²) >= 11 is 0. The van der Waals surface area contributed by atoms with Crippen LogP contribution in [0.2, 0.25) is 0 Å². The molecule has 2 N–H and O–H groups in total. The molecule has 3 aromatic carbocycles. The molecule has 154 valence electrons. The molecule has 1 amide bonds. The Hall–Kier alpha value is -3.55. The van der Waals surface area contributed by atoms with Gasteiger partial charge in [0.2, 0.25) is 0 Å². The van der Waals surface area contributed by atoms with Gasteiger partial charge in [-0.1, -0.05) is 54.6 Å². The van der Waals surface area contributed by atoms with E-state index in [0.29, 0.717) is 25.2 Å². The molecule has 3 rings (SSSR count). The third-order valence-corrected chi connectivity index (χ3v) is 4.64. The zero-order valence-corrected chi connectivity index (χ0v) is 16.4. The first-order valence-corrected chi connectivity index (χ1v) is 9.57. The molecule has 0 aliphatic heterocycles. The molecule has 0 radical (unpaired) electrons. The lowest BCUT2D eigenvalue weighted by Gasteiger charge is -2.21. The van der Waals surface area contributed by atoms with E-state index in [0.717, 1.165) is 11.1 Å². The molecule has 0 aromatic heterocycles. The van der Waals surface area contributed by atoms with Gasteiger partial charge < -0.3 is 10.4 Å². The number of rotatable bonds is 9. The van der Waals surface area contributed by atoms with Gasteiger partial charge in [-0.3, -0.25) is 19.8 Å². The van der Waals surface area contributed by atoms with Crippen LogP contribution in [0.15, 0.2) is 78.9 Å². The molecule has 0 aliphatic rings. The first-order valence-electron chi connectivity index (χ1n) is 9.57. The van der Waals surface area contributed by atoms with E-state index >= 15 is 0 Å². The second kappa shape index (κ2) is 10.3. The summed E-state index contributed by atoms with van der Waals surface area (Å²) in [6, 6.07) is 23.1. The Morgan fingerprint density at radius 1 is 0.900 bits per heavy atom. The van der Waals surface area contributed by atoms with Crippen molar-refractivity contribution in [3.63, 3.8) is 0 Å². The Labute approximate surface area is 174 Å². The summed E-state index contributed by atoms with van der Waals surface area (Å²) in [6.07, 6.45) is 0. The highest BCUT2D eigenvalue weighted by Crippen LogP contribution is 2.24. The molecule has 7 nitrogen and oxygen atoms in total. The maximum absolute atomic E-state index is 12.5. The van der Waals surface area contributed by atoms with Crippen LogP contribution in [0.25, 0.3) is 0 Å². The largest absolute Gasteiger partial charge is 0.395 e. The molecule has 0 saturated carbocycles. The average Bonchev–Trinajstić information content (AvgIpc) is 2.75. The van der Waals surface area contributed by atoms with Gasteiger partial charge in [0.25, 0.3) is 11.6 Å². The molecule has 0 spiro atoms. The Balaban J connectivity index is 1.66. The minimum atomic E-state index is -0.527. The monoisotopic (exact) mass is 405 g/mol. The van der Waals surface area contributed by atoms with Crippen LogP contribution in [0.5, 0.6) is 0 Å². The summed E-state index contributed by atoms with van der Waals surface area (Å²) in [5, 5.41) is 23.1. The summed E-state index contributed by atoms with van der Waals surface area (Å²) in [6.45, 7) is 1.93. The number of nitrogens with zero attached hydrogens (tertiary/aromatic N) is 2. The number of nitrogens with one attached hydrogen (secondary N) is 1. The lowest BCUT2D eigenvalue weighted by molar-refractivity contribution is -0.383. The smallest absolute Gasteiger partial charge is 0.292 e. The number of amides is 1. The third-order valence-electron chi connectivity index (χ3n) is 4.64. The van der Waals surface area contributed by atoms with Gasteiger partial charge in [-0.05, 0) is 29.3 Å². The van der Waals surface area contributed by atoms with Gasteiger partial charge in [0.15, 0.2) is 0 Å². The van der Waals surface area contributed by atoms with Crippen molar-refractivity contribution in [1.29, 1.82) is 0 Å². The van der Waals surface area contributed by atoms with Crippen molar-refractivity contribution in [3.8, 4) is 0 Å². The Kier molecular flexibility index (Phi) is 7.26. The predicted octanol–water partition coefficient (Wildman–Crippen LogP) is 3.84. The zero-order valence-electron chi connectivity index (χ0n) is 16.4. The van der Waals surface area contributed by atoms with E-state index in [1.807, 2.05) is 42.5 Å². The van der Waals surface area contributed by atoms with Crippen molar-refractivity contribution in [2.45, 2.75) is 13.1 Å². The number of nitro benzene ring substituents is 1. The van der Waals surface area contributed by atoms with Gasteiger partial charge in [-0.2, -0.15) is 0 Å². The van der Waals surface area contributed by atoms with Crippen molar-refractivity contribution in [3.05, 3.63) is 106 Å². The highest BCUT2D eigenvalue weighted by Gasteiger charge is 2.16. The van der Waals surface area contributed by atoms with Crippen LogP contribution < -0.4 is 5.32 Å². The highest BCUT2D eigenvalue weighted by atomic mass is 16.6. The number of aliphatic hydroxyl groups is 1. The van der Waals surface area contributed by atoms with Crippen molar-refractivity contribution in [2.75, 3.05) is 18.5 Å². The maximum Gasteiger partial charge on any atom is 0.292 e. The van der Waals surface area contributed by atoms with E-state index in [2.05, 4.69) is 10.2 Å². The normalized spacial score (nSPS) is 10.7. The molecule has 0 fully saturated rings. The Bertz CT molecular complexity index is 991. The van der Waals surface area contributed by atoms with Gasteiger partial charge in [0, 0.05) is 31.3 Å². The second-order valence-corrected chi connectivity index (χ2v) is 6.85. The van der Waals surface area contributed by atoms with E-state index < -0.39 is 10.8 Å². The maximum atomic E-state index is 12.5. The quantitative estimate of drug-likeness (QED) is 0.417. The summed E-state index contributed by atoms with van der Waals surface area (Å²) < 4.78 is 0. The van der Waals surface area contributed by atoms with Crippen molar-refractivity contribution < 1.29 is 14.8 Å². The molecule has 0 atom stereocenters. The van der Waals surface area contributed by atoms with Gasteiger partial charge in [0.1, 0.15) is 5.69 Å². The topological polar surface area (TPSA) is 95.7 Å². The van der Waals surface area contributed by atoms with Crippen LogP contribution in [-0.2, 0) is 13.1 Å². The summed E-state index contributed by atoms with van der Waals surface area (Å²) in [5.41, 5.74) is 2.58. The lowest BCUT2D eigenvalue weighted by atomic mass is 10.1. The minimum absolute atomic E-state index is 0.0587. The first kappa shape index (κ1) is 21.2. The van der Waals surface area contributed by atoms with Gasteiger partial charge >= 0.3 is 0 Å². The van der Waals surface area contributed by atoms with Crippen molar-refractivity contribution >= 4 is 17.3 Å². The third kappa shape index (κ3) is 5.73. The molecule has 30 heavy (non-hydrogen) atoms. The van der Waals surface area contributed by atoms with Crippen LogP contribution in [0.1, 0.15) is 21.5 Å². The van der Waals surface area contributed by atoms with E-state index in [9.17, 15) is 20.0 Å². The summed E-state index contributed by atoms with van der Waals surface area (Å²) in [5.74, 6) is -0.410. The molecule has 3 aromatic rings. The molecule has 0 unspecified atom stereocenters. The molecule has 0 heterocycles. The zero-order chi connectivity index (χ0) is 21.3. The lowest BCUT2D eigenvalue weighted by Crippen LogP contribution is -2.26. The van der Waals surface area contributed by atoms with E-state index in [-0.39, 0.29) is 18.0 Å². The van der Waals surface area contributed by atoms with Crippen LogP contribution >= 0.6 is 0 Å². The van der Waals surface area contributed by atoms with E-state index in [1.165, 1.54) is 12.1 Å². The molecule has 0 bridgehead atoms. The summed E-state index contributed by atoms with van der Waals surface area (Å²) in [7, 11) is 0. The van der Waals surface area contributed by atoms with Crippen LogP contribution in [0.4, 0.5) is 11.4 Å². The number of benzene rings is 3. The van der Waals surface area contributed by atoms with Gasteiger partial charge in [-0.15, -0.1) is 0 Å². The molecule has 0 aliphatic carbocycles. The van der Waals surface area contributed by atoms with Crippen LogP contribution in [0, 0.1) is 10.1 Å². The average molecular weight is 405 g/mol. The number of carbonyl (C=O) groups excluding carboxylic acids is 1. The fourth-order valence-corrected chi connectivity index (χ4v) is 3.15. The number of carbonyl (C=O) groups is 1. The number of hydrogen-bond donors (Lipinski definition) is 2. The number of anilines is 1. The number of nitro groups is 1. The fraction of sp³-hybridized carbons (Fsp3) is 0.174. The highest BCUT2D eigenvalue weighted by molar-refractivity contribution is 6.05. The number of hydrogen-bond acceptors (Lipinski definition) is 5. The van der Waals surface area contributed by atoms with E-state index in [4.69, 9.17) is 0 Å². The molecular weight excluding hydrogens is 382 g/mol. The molecule has 7 heteroatoms. The van der Waals surface area contributed by atoms with Crippen LogP contribution in [0.3, 0.4) is 0 Å². The van der Waals surface area contributed by atoms with E-state index in [1.54, 1.807) is 24.3 Å². The number of para-hydroxylation sites is 2. The Morgan fingerprint density at radius 3 is 2.13 bits per heavy atom. The number of aliphatic hydroxyl groups excluding tert-OH is 1. The standard InChI is InChI=1S/C23H23N3O4/c27-15-14-25(16-18-6-2-1-3-7-18)17-19-10-12-20(13-11-19)23(28)24-21-8-4-5-9-22(21)26(29)30/h1-13,27H,14-17H2,(H,24,28). The second-order valence-electron chi connectivity index (χ2n) is 6.85. The first-order chi connectivity index (χ1) is 14.6. The predicted molar refractivity (Wildman–Crippen MR) is 115 cm³/mol. The summed E-state index contributed by atoms with van der Waals surface area (Å²) in [4.78, 5) is 25.2. The van der Waals surface area contributed by atoms with Crippen molar-refractivity contribution in [2.24, 2.45) is 0 Å². The van der Waals surface area contributed by atoms with Crippen molar-refractivity contribution in [1.82, 2.24) is 4.90 Å². The minimum Gasteiger partial charge on any atom is -0.395 e. The molecular formula is C23H23N3O4. The van der Waals surface area contributed by atoms with Gasteiger partial charge in [0.05, 0.1) is 11.5 Å². The van der Waals surface area contributed by atoms with Gasteiger partial charge in [-0.25, -0.2) is 0 Å². The fourth-order valence-electron chi connectivity index (χ4n) is 3.15.